The summed E-state index contributed by atoms with van der Waals surface area (Å²) in [5, 5.41) is 0. The Bertz CT molecular complexity index is 97.4. The summed E-state index contributed by atoms with van der Waals surface area (Å²) in [5.74, 6) is 0. The van der Waals surface area contributed by atoms with Gasteiger partial charge in [-0.15, -0.1) is 0 Å². The first-order valence-corrected chi connectivity index (χ1v) is 4.18. The Balaban J connectivity index is 2.22. The van der Waals surface area contributed by atoms with Crippen molar-refractivity contribution in [1.29, 1.82) is 0 Å². The minimum Gasteiger partial charge on any atom is -0.326 e. The predicted octanol–water partition coefficient (Wildman–Crippen LogP) is 1.22. The summed E-state index contributed by atoms with van der Waals surface area (Å²) >= 11 is 0. The molecule has 1 unspecified atom stereocenters. The van der Waals surface area contributed by atoms with Crippen LogP contribution in [0.2, 0.25) is 0 Å². The first-order chi connectivity index (χ1) is 4.77. The van der Waals surface area contributed by atoms with Crippen molar-refractivity contribution in [2.45, 2.75) is 19.8 Å². The summed E-state index contributed by atoms with van der Waals surface area (Å²) in [6, 6.07) is 0. The van der Waals surface area contributed by atoms with Crippen molar-refractivity contribution in [3.8, 4) is 0 Å². The van der Waals surface area contributed by atoms with Gasteiger partial charge in [-0.2, -0.15) is 0 Å². The maximum Gasteiger partial charge on any atom is 0.183 e. The molecule has 1 fully saturated rings. The number of unbranched alkanes of at least 4 members (excludes halogenated alkanes) is 1. The van der Waals surface area contributed by atoms with E-state index in [9.17, 15) is 0 Å². The van der Waals surface area contributed by atoms with Gasteiger partial charge in [0.15, 0.2) is 6.73 Å². The molecule has 10 heavy (non-hydrogen) atoms. The summed E-state index contributed by atoms with van der Waals surface area (Å²) in [7, 11) is 2.28. The van der Waals surface area contributed by atoms with Crippen LogP contribution in [0.15, 0.2) is 0 Å². The molecule has 60 valence electrons. The average Bonchev–Trinajstić information content (AvgIpc) is 2.33. The van der Waals surface area contributed by atoms with E-state index in [1.807, 2.05) is 0 Å². The topological polar surface area (TPSA) is 9.23 Å². The van der Waals surface area contributed by atoms with Crippen LogP contribution in [0.3, 0.4) is 0 Å². The first kappa shape index (κ1) is 8.02. The summed E-state index contributed by atoms with van der Waals surface area (Å²) in [6.45, 7) is 6.62. The van der Waals surface area contributed by atoms with E-state index in [-0.39, 0.29) is 0 Å². The van der Waals surface area contributed by atoms with E-state index in [0.717, 1.165) is 17.8 Å². The van der Waals surface area contributed by atoms with E-state index >= 15 is 0 Å². The molecule has 0 aromatic heterocycles. The molecule has 0 aliphatic carbocycles. The molecule has 1 heterocycles. The highest BCUT2D eigenvalue weighted by atomic mass is 16.5. The number of rotatable bonds is 3. The Labute approximate surface area is 63.4 Å². The van der Waals surface area contributed by atoms with Crippen LogP contribution in [0.4, 0.5) is 0 Å². The number of ether oxygens (including phenoxy) is 1. The number of quaternary nitrogens is 1. The normalized spacial score (nSPS) is 33.0. The summed E-state index contributed by atoms with van der Waals surface area (Å²) in [5.41, 5.74) is 0. The maximum absolute atomic E-state index is 5.33. The van der Waals surface area contributed by atoms with E-state index in [1.165, 1.54) is 25.9 Å². The minimum absolute atomic E-state index is 0.931. The van der Waals surface area contributed by atoms with Gasteiger partial charge in [-0.05, 0) is 6.42 Å². The molecule has 1 atom stereocenters. The number of hydrogen-bond donors (Lipinski definition) is 0. The lowest BCUT2D eigenvalue weighted by Gasteiger charge is -2.26. The summed E-state index contributed by atoms with van der Waals surface area (Å²) in [4.78, 5) is 0. The van der Waals surface area contributed by atoms with E-state index in [2.05, 4.69) is 14.0 Å². The molecular weight excluding hydrogens is 126 g/mol. The average molecular weight is 144 g/mol. The smallest absolute Gasteiger partial charge is 0.183 e. The fraction of sp³-hybridized carbons (Fsp3) is 1.00. The molecule has 1 aliphatic rings. The van der Waals surface area contributed by atoms with Gasteiger partial charge in [0.05, 0.1) is 13.6 Å². The summed E-state index contributed by atoms with van der Waals surface area (Å²) in [6.07, 6.45) is 2.63. The highest BCUT2D eigenvalue weighted by Gasteiger charge is 2.26. The van der Waals surface area contributed by atoms with E-state index in [1.54, 1.807) is 0 Å². The van der Waals surface area contributed by atoms with Crippen molar-refractivity contribution in [2.75, 3.05) is 33.5 Å². The molecule has 0 bridgehead atoms. The monoisotopic (exact) mass is 144 g/mol. The van der Waals surface area contributed by atoms with Crippen LogP contribution in [0, 0.1) is 0 Å². The third-order valence-electron chi connectivity index (χ3n) is 2.23. The molecule has 0 spiro atoms. The van der Waals surface area contributed by atoms with Gasteiger partial charge in [-0.3, -0.25) is 0 Å². The van der Waals surface area contributed by atoms with Crippen LogP contribution in [0.1, 0.15) is 19.8 Å². The van der Waals surface area contributed by atoms with Crippen LogP contribution >= 0.6 is 0 Å². The Hall–Kier alpha value is -0.0800. The largest absolute Gasteiger partial charge is 0.326 e. The van der Waals surface area contributed by atoms with E-state index < -0.39 is 0 Å². The fourth-order valence-electron chi connectivity index (χ4n) is 1.35. The van der Waals surface area contributed by atoms with Crippen molar-refractivity contribution < 1.29 is 9.22 Å². The van der Waals surface area contributed by atoms with Crippen molar-refractivity contribution >= 4 is 0 Å². The van der Waals surface area contributed by atoms with Crippen molar-refractivity contribution in [2.24, 2.45) is 0 Å². The highest BCUT2D eigenvalue weighted by molar-refractivity contribution is 4.42. The SMILES string of the molecule is CCCC[N+]1(C)CCOC1. The van der Waals surface area contributed by atoms with Crippen molar-refractivity contribution in [3.05, 3.63) is 0 Å². The van der Waals surface area contributed by atoms with Gasteiger partial charge in [0.25, 0.3) is 0 Å². The van der Waals surface area contributed by atoms with Gasteiger partial charge in [-0.25, -0.2) is 0 Å². The minimum atomic E-state index is 0.931. The molecular formula is C8H18NO+. The fourth-order valence-corrected chi connectivity index (χ4v) is 1.35. The molecule has 0 saturated carbocycles. The number of hydrogen-bond acceptors (Lipinski definition) is 1. The first-order valence-electron chi connectivity index (χ1n) is 4.18. The third kappa shape index (κ3) is 1.96. The molecule has 0 aromatic carbocycles. The second-order valence-electron chi connectivity index (χ2n) is 3.46. The third-order valence-corrected chi connectivity index (χ3v) is 2.23. The summed E-state index contributed by atoms with van der Waals surface area (Å²) < 4.78 is 6.46. The molecule has 1 aliphatic heterocycles. The number of nitrogens with zero attached hydrogens (tertiary/aromatic N) is 1. The molecule has 0 amide bonds. The second-order valence-corrected chi connectivity index (χ2v) is 3.46. The van der Waals surface area contributed by atoms with Gasteiger partial charge in [0.2, 0.25) is 0 Å². The predicted molar refractivity (Wildman–Crippen MR) is 41.6 cm³/mol. The van der Waals surface area contributed by atoms with Crippen LogP contribution in [0.5, 0.6) is 0 Å². The van der Waals surface area contributed by atoms with Crippen molar-refractivity contribution in [1.82, 2.24) is 0 Å². The molecule has 1 saturated heterocycles. The Morgan fingerprint density at radius 3 is 2.80 bits per heavy atom. The quantitative estimate of drug-likeness (QED) is 0.541. The Kier molecular flexibility index (Phi) is 2.69. The lowest BCUT2D eigenvalue weighted by Crippen LogP contribution is -2.41. The molecule has 0 N–H and O–H groups in total. The zero-order chi connectivity index (χ0) is 7.45. The van der Waals surface area contributed by atoms with Crippen LogP contribution in [-0.2, 0) is 4.74 Å². The Morgan fingerprint density at radius 1 is 1.50 bits per heavy atom. The lowest BCUT2D eigenvalue weighted by atomic mass is 10.3. The van der Waals surface area contributed by atoms with Gasteiger partial charge in [0.1, 0.15) is 13.2 Å². The molecule has 1 rings (SSSR count). The highest BCUT2D eigenvalue weighted by Crippen LogP contribution is 2.10. The van der Waals surface area contributed by atoms with Crippen LogP contribution < -0.4 is 0 Å². The van der Waals surface area contributed by atoms with Gasteiger partial charge >= 0.3 is 0 Å². The van der Waals surface area contributed by atoms with Gasteiger partial charge in [0, 0.05) is 0 Å². The zero-order valence-corrected chi connectivity index (χ0v) is 7.10. The van der Waals surface area contributed by atoms with E-state index in [4.69, 9.17) is 4.74 Å². The lowest BCUT2D eigenvalue weighted by molar-refractivity contribution is -0.906. The van der Waals surface area contributed by atoms with Crippen LogP contribution in [-0.4, -0.2) is 38.0 Å². The van der Waals surface area contributed by atoms with Gasteiger partial charge < -0.3 is 9.22 Å². The van der Waals surface area contributed by atoms with Crippen LogP contribution in [0.25, 0.3) is 0 Å². The molecule has 0 radical (unpaired) electrons. The molecule has 2 heteroatoms. The molecule has 2 nitrogen and oxygen atoms in total. The standard InChI is InChI=1S/C8H18NO/c1-3-4-5-9(2)6-7-10-8-9/h3-8H2,1-2H3/q+1. The van der Waals surface area contributed by atoms with Crippen molar-refractivity contribution in [3.63, 3.8) is 0 Å². The Morgan fingerprint density at radius 2 is 2.30 bits per heavy atom. The maximum atomic E-state index is 5.33. The van der Waals surface area contributed by atoms with Gasteiger partial charge in [-0.1, -0.05) is 13.3 Å². The molecule has 0 aromatic rings. The van der Waals surface area contributed by atoms with E-state index in [0.29, 0.717) is 0 Å². The second kappa shape index (κ2) is 3.35. The number of likely N-dealkylation sites (N-methyl/N-ethyl adjacent to an activating group) is 1. The zero-order valence-electron chi connectivity index (χ0n) is 7.10.